The predicted molar refractivity (Wildman–Crippen MR) is 79.9 cm³/mol. The molecule has 0 radical (unpaired) electrons. The molecule has 2 aromatic rings. The summed E-state index contributed by atoms with van der Waals surface area (Å²) in [4.78, 5) is 11.6. The van der Waals surface area contributed by atoms with Gasteiger partial charge in [0.15, 0.2) is 5.78 Å². The molecule has 0 saturated carbocycles. The van der Waals surface area contributed by atoms with E-state index in [1.54, 1.807) is 25.3 Å². The SMILES string of the molecule is COc1ccc(C(C)=O)c(OCc2ccn(C(C)C)n2)c1. The summed E-state index contributed by atoms with van der Waals surface area (Å²) < 4.78 is 12.8. The highest BCUT2D eigenvalue weighted by atomic mass is 16.5. The van der Waals surface area contributed by atoms with Crippen LogP contribution >= 0.6 is 0 Å². The van der Waals surface area contributed by atoms with Crippen molar-refractivity contribution < 1.29 is 14.3 Å². The Labute approximate surface area is 124 Å². The van der Waals surface area contributed by atoms with E-state index in [9.17, 15) is 4.79 Å². The third-order valence-electron chi connectivity index (χ3n) is 3.14. The van der Waals surface area contributed by atoms with Crippen LogP contribution in [0.15, 0.2) is 30.5 Å². The number of carbonyl (C=O) groups excluding carboxylic acids is 1. The van der Waals surface area contributed by atoms with Gasteiger partial charge < -0.3 is 9.47 Å². The lowest BCUT2D eigenvalue weighted by molar-refractivity contribution is 0.101. The van der Waals surface area contributed by atoms with Gasteiger partial charge in [-0.2, -0.15) is 5.10 Å². The summed E-state index contributed by atoms with van der Waals surface area (Å²) in [7, 11) is 1.58. The molecule has 1 aromatic heterocycles. The van der Waals surface area contributed by atoms with Crippen molar-refractivity contribution in [3.63, 3.8) is 0 Å². The Hall–Kier alpha value is -2.30. The van der Waals surface area contributed by atoms with E-state index in [4.69, 9.17) is 9.47 Å². The minimum Gasteiger partial charge on any atom is -0.497 e. The quantitative estimate of drug-likeness (QED) is 0.766. The first-order valence-corrected chi connectivity index (χ1v) is 6.87. The Bertz CT molecular complexity index is 632. The molecule has 0 N–H and O–H groups in total. The predicted octanol–water partition coefficient (Wildman–Crippen LogP) is 3.25. The molecule has 0 saturated heterocycles. The van der Waals surface area contributed by atoms with E-state index in [1.165, 1.54) is 6.92 Å². The first kappa shape index (κ1) is 15.1. The lowest BCUT2D eigenvalue weighted by Gasteiger charge is -2.10. The van der Waals surface area contributed by atoms with Crippen LogP contribution in [0.3, 0.4) is 0 Å². The van der Waals surface area contributed by atoms with Crippen LogP contribution in [-0.2, 0) is 6.61 Å². The Morgan fingerprint density at radius 3 is 2.67 bits per heavy atom. The fourth-order valence-electron chi connectivity index (χ4n) is 1.93. The molecule has 0 spiro atoms. The second-order valence-electron chi connectivity index (χ2n) is 5.09. The maximum absolute atomic E-state index is 11.6. The van der Waals surface area contributed by atoms with E-state index in [1.807, 2.05) is 16.9 Å². The van der Waals surface area contributed by atoms with Crippen LogP contribution in [0.5, 0.6) is 11.5 Å². The highest BCUT2D eigenvalue weighted by Crippen LogP contribution is 2.26. The standard InChI is InChI=1S/C16H20N2O3/c1-11(2)18-8-7-13(17-18)10-21-16-9-14(20-4)5-6-15(16)12(3)19/h5-9,11H,10H2,1-4H3. The zero-order chi connectivity index (χ0) is 15.4. The first-order valence-electron chi connectivity index (χ1n) is 6.87. The van der Waals surface area contributed by atoms with E-state index in [-0.39, 0.29) is 5.78 Å². The summed E-state index contributed by atoms with van der Waals surface area (Å²) in [5.41, 5.74) is 1.36. The number of ether oxygens (including phenoxy) is 2. The number of benzene rings is 1. The molecule has 5 nitrogen and oxygen atoms in total. The smallest absolute Gasteiger partial charge is 0.163 e. The Kier molecular flexibility index (Phi) is 4.62. The van der Waals surface area contributed by atoms with E-state index in [2.05, 4.69) is 18.9 Å². The third-order valence-corrected chi connectivity index (χ3v) is 3.14. The lowest BCUT2D eigenvalue weighted by atomic mass is 10.1. The van der Waals surface area contributed by atoms with Crippen LogP contribution in [0.1, 0.15) is 42.9 Å². The van der Waals surface area contributed by atoms with Gasteiger partial charge in [0.2, 0.25) is 0 Å². The van der Waals surface area contributed by atoms with Crippen LogP contribution in [0.2, 0.25) is 0 Å². The zero-order valence-corrected chi connectivity index (χ0v) is 12.8. The molecule has 21 heavy (non-hydrogen) atoms. The van der Waals surface area contributed by atoms with E-state index in [0.29, 0.717) is 29.7 Å². The molecule has 0 bridgehead atoms. The fourth-order valence-corrected chi connectivity index (χ4v) is 1.93. The molecule has 0 fully saturated rings. The Morgan fingerprint density at radius 1 is 1.33 bits per heavy atom. The minimum atomic E-state index is -0.0413. The fraction of sp³-hybridized carbons (Fsp3) is 0.375. The van der Waals surface area contributed by atoms with Crippen LogP contribution in [0, 0.1) is 0 Å². The summed E-state index contributed by atoms with van der Waals surface area (Å²) in [5.74, 6) is 1.13. The number of hydrogen-bond donors (Lipinski definition) is 0. The van der Waals surface area contributed by atoms with E-state index >= 15 is 0 Å². The second-order valence-corrected chi connectivity index (χ2v) is 5.09. The number of rotatable bonds is 6. The molecule has 1 heterocycles. The summed E-state index contributed by atoms with van der Waals surface area (Å²) in [6.45, 7) is 5.95. The summed E-state index contributed by atoms with van der Waals surface area (Å²) in [6, 6.07) is 7.40. The van der Waals surface area contributed by atoms with Crippen molar-refractivity contribution in [3.8, 4) is 11.5 Å². The number of methoxy groups -OCH3 is 1. The van der Waals surface area contributed by atoms with Gasteiger partial charge in [-0.05, 0) is 39.0 Å². The van der Waals surface area contributed by atoms with Gasteiger partial charge >= 0.3 is 0 Å². The van der Waals surface area contributed by atoms with Gasteiger partial charge in [-0.3, -0.25) is 9.48 Å². The van der Waals surface area contributed by atoms with Crippen molar-refractivity contribution in [2.75, 3.05) is 7.11 Å². The molecule has 112 valence electrons. The topological polar surface area (TPSA) is 53.4 Å². The Morgan fingerprint density at radius 2 is 2.10 bits per heavy atom. The average Bonchev–Trinajstić information content (AvgIpc) is 2.93. The highest BCUT2D eigenvalue weighted by molar-refractivity contribution is 5.97. The average molecular weight is 288 g/mol. The van der Waals surface area contributed by atoms with E-state index < -0.39 is 0 Å². The van der Waals surface area contributed by atoms with Crippen molar-refractivity contribution in [2.45, 2.75) is 33.4 Å². The van der Waals surface area contributed by atoms with Gasteiger partial charge in [-0.1, -0.05) is 0 Å². The normalized spacial score (nSPS) is 10.7. The van der Waals surface area contributed by atoms with Gasteiger partial charge in [-0.15, -0.1) is 0 Å². The van der Waals surface area contributed by atoms with Crippen molar-refractivity contribution in [3.05, 3.63) is 41.7 Å². The molecule has 0 aliphatic heterocycles. The molecule has 0 aliphatic rings. The number of aromatic nitrogens is 2. The first-order chi connectivity index (χ1) is 10.0. The third kappa shape index (κ3) is 3.62. The summed E-state index contributed by atoms with van der Waals surface area (Å²) in [5, 5.41) is 4.42. The molecule has 2 rings (SSSR count). The Balaban J connectivity index is 2.15. The van der Waals surface area contributed by atoms with Gasteiger partial charge in [0.1, 0.15) is 18.1 Å². The molecule has 5 heteroatoms. The molecular weight excluding hydrogens is 268 g/mol. The zero-order valence-electron chi connectivity index (χ0n) is 12.8. The molecule has 0 aliphatic carbocycles. The maximum atomic E-state index is 11.6. The monoisotopic (exact) mass is 288 g/mol. The van der Waals surface area contributed by atoms with Crippen molar-refractivity contribution in [1.29, 1.82) is 0 Å². The highest BCUT2D eigenvalue weighted by Gasteiger charge is 2.11. The number of nitrogens with zero attached hydrogens (tertiary/aromatic N) is 2. The van der Waals surface area contributed by atoms with Crippen LogP contribution in [0.25, 0.3) is 0 Å². The van der Waals surface area contributed by atoms with Crippen LogP contribution < -0.4 is 9.47 Å². The molecular formula is C16H20N2O3. The molecule has 1 aromatic carbocycles. The minimum absolute atomic E-state index is 0.0413. The van der Waals surface area contributed by atoms with Gasteiger partial charge in [0.05, 0.1) is 18.4 Å². The summed E-state index contributed by atoms with van der Waals surface area (Å²) in [6.07, 6.45) is 1.92. The number of ketones is 1. The van der Waals surface area contributed by atoms with Crippen LogP contribution in [-0.4, -0.2) is 22.7 Å². The van der Waals surface area contributed by atoms with Gasteiger partial charge in [0, 0.05) is 18.3 Å². The second kappa shape index (κ2) is 6.43. The maximum Gasteiger partial charge on any atom is 0.163 e. The van der Waals surface area contributed by atoms with Crippen LogP contribution in [0.4, 0.5) is 0 Å². The molecule has 0 unspecified atom stereocenters. The van der Waals surface area contributed by atoms with Gasteiger partial charge in [-0.25, -0.2) is 0 Å². The van der Waals surface area contributed by atoms with Gasteiger partial charge in [0.25, 0.3) is 0 Å². The number of carbonyl (C=O) groups is 1. The van der Waals surface area contributed by atoms with Crippen molar-refractivity contribution in [2.24, 2.45) is 0 Å². The van der Waals surface area contributed by atoms with E-state index in [0.717, 1.165) is 5.69 Å². The van der Waals surface area contributed by atoms with Crippen molar-refractivity contribution >= 4 is 5.78 Å². The lowest BCUT2D eigenvalue weighted by Crippen LogP contribution is -2.05. The van der Waals surface area contributed by atoms with Crippen molar-refractivity contribution in [1.82, 2.24) is 9.78 Å². The largest absolute Gasteiger partial charge is 0.497 e. The number of hydrogen-bond acceptors (Lipinski definition) is 4. The summed E-state index contributed by atoms with van der Waals surface area (Å²) >= 11 is 0. The number of Topliss-reactive ketones (excluding diaryl/α,β-unsaturated/α-hetero) is 1. The molecule has 0 amide bonds. The molecule has 0 atom stereocenters.